The number of amides is 1. The van der Waals surface area contributed by atoms with Crippen LogP contribution in [-0.4, -0.2) is 23.5 Å². The van der Waals surface area contributed by atoms with Gasteiger partial charge in [0.05, 0.1) is 0 Å². The predicted octanol–water partition coefficient (Wildman–Crippen LogP) is 1.13. The highest BCUT2D eigenvalue weighted by Gasteiger charge is 2.06. The van der Waals surface area contributed by atoms with Crippen LogP contribution < -0.4 is 5.32 Å². The van der Waals surface area contributed by atoms with Crippen molar-refractivity contribution in [2.45, 2.75) is 6.92 Å². The standard InChI is InChI=1S/C10H11NO4/c1-7(12)11-6-2-3-8-4-5-9(15-8)10(13)14/h2-5H,6H2,1H3,(H,11,12)(H,13,14). The number of carboxylic acid groups (broad SMARTS) is 1. The molecule has 0 bridgehead atoms. The molecule has 0 aromatic carbocycles. The summed E-state index contributed by atoms with van der Waals surface area (Å²) in [6.45, 7) is 1.81. The first kappa shape index (κ1) is 11.0. The molecular weight excluding hydrogens is 198 g/mol. The highest BCUT2D eigenvalue weighted by atomic mass is 16.4. The smallest absolute Gasteiger partial charge is 0.371 e. The largest absolute Gasteiger partial charge is 0.475 e. The average molecular weight is 209 g/mol. The molecule has 1 aromatic rings. The Balaban J connectivity index is 2.50. The predicted molar refractivity (Wildman–Crippen MR) is 53.4 cm³/mol. The van der Waals surface area contributed by atoms with E-state index in [1.807, 2.05) is 0 Å². The third kappa shape index (κ3) is 3.68. The van der Waals surface area contributed by atoms with Crippen molar-refractivity contribution in [3.05, 3.63) is 29.7 Å². The lowest BCUT2D eigenvalue weighted by molar-refractivity contribution is -0.118. The first-order valence-electron chi connectivity index (χ1n) is 4.33. The van der Waals surface area contributed by atoms with Crippen molar-refractivity contribution in [2.24, 2.45) is 0 Å². The van der Waals surface area contributed by atoms with Gasteiger partial charge in [0.2, 0.25) is 11.7 Å². The van der Waals surface area contributed by atoms with Gasteiger partial charge in [0.25, 0.3) is 0 Å². The second-order valence-electron chi connectivity index (χ2n) is 2.85. The van der Waals surface area contributed by atoms with E-state index >= 15 is 0 Å². The quantitative estimate of drug-likeness (QED) is 0.778. The van der Waals surface area contributed by atoms with Gasteiger partial charge in [-0.1, -0.05) is 6.08 Å². The van der Waals surface area contributed by atoms with Crippen LogP contribution in [0.4, 0.5) is 0 Å². The zero-order chi connectivity index (χ0) is 11.3. The topological polar surface area (TPSA) is 79.5 Å². The van der Waals surface area contributed by atoms with Crippen LogP contribution in [0.3, 0.4) is 0 Å². The van der Waals surface area contributed by atoms with Gasteiger partial charge >= 0.3 is 5.97 Å². The Bertz CT molecular complexity index is 392. The number of rotatable bonds is 4. The van der Waals surface area contributed by atoms with E-state index in [2.05, 4.69) is 5.32 Å². The molecule has 1 aromatic heterocycles. The molecule has 0 fully saturated rings. The third-order valence-corrected chi connectivity index (χ3v) is 1.59. The highest BCUT2D eigenvalue weighted by molar-refractivity contribution is 5.84. The minimum absolute atomic E-state index is 0.103. The molecule has 5 nitrogen and oxygen atoms in total. The Labute approximate surface area is 86.4 Å². The van der Waals surface area contributed by atoms with Gasteiger partial charge in [-0.2, -0.15) is 0 Å². The van der Waals surface area contributed by atoms with Crippen LogP contribution in [0.5, 0.6) is 0 Å². The van der Waals surface area contributed by atoms with E-state index in [0.29, 0.717) is 12.3 Å². The van der Waals surface area contributed by atoms with Gasteiger partial charge in [0.15, 0.2) is 0 Å². The van der Waals surface area contributed by atoms with Gasteiger partial charge in [-0.25, -0.2) is 4.79 Å². The van der Waals surface area contributed by atoms with Gasteiger partial charge in [-0.3, -0.25) is 4.79 Å². The maximum Gasteiger partial charge on any atom is 0.371 e. The Hall–Kier alpha value is -2.04. The van der Waals surface area contributed by atoms with Crippen molar-refractivity contribution in [1.29, 1.82) is 0 Å². The van der Waals surface area contributed by atoms with Crippen molar-refractivity contribution in [3.8, 4) is 0 Å². The van der Waals surface area contributed by atoms with E-state index in [-0.39, 0.29) is 11.7 Å². The van der Waals surface area contributed by atoms with Crippen molar-refractivity contribution in [1.82, 2.24) is 5.32 Å². The van der Waals surface area contributed by atoms with Crippen LogP contribution >= 0.6 is 0 Å². The van der Waals surface area contributed by atoms with Crippen LogP contribution in [0.1, 0.15) is 23.2 Å². The molecule has 80 valence electrons. The molecule has 0 aliphatic carbocycles. The molecular formula is C10H11NO4. The van der Waals surface area contributed by atoms with Crippen LogP contribution in [0.2, 0.25) is 0 Å². The number of nitrogens with one attached hydrogen (secondary N) is 1. The van der Waals surface area contributed by atoms with Crippen LogP contribution in [0.25, 0.3) is 6.08 Å². The SMILES string of the molecule is CC(=O)NCC=Cc1ccc(C(=O)O)o1. The number of aromatic carboxylic acids is 1. The minimum atomic E-state index is -1.10. The van der Waals surface area contributed by atoms with Crippen molar-refractivity contribution >= 4 is 18.0 Å². The maximum atomic E-state index is 10.5. The Morgan fingerprint density at radius 3 is 2.80 bits per heavy atom. The highest BCUT2D eigenvalue weighted by Crippen LogP contribution is 2.08. The summed E-state index contributed by atoms with van der Waals surface area (Å²) in [5, 5.41) is 11.1. The molecule has 5 heteroatoms. The zero-order valence-electron chi connectivity index (χ0n) is 8.19. The van der Waals surface area contributed by atoms with Gasteiger partial charge in [0, 0.05) is 13.5 Å². The molecule has 2 N–H and O–H groups in total. The molecule has 0 atom stereocenters. The molecule has 0 spiro atoms. The molecule has 0 saturated carbocycles. The third-order valence-electron chi connectivity index (χ3n) is 1.59. The first-order valence-corrected chi connectivity index (χ1v) is 4.33. The van der Waals surface area contributed by atoms with Crippen LogP contribution in [0.15, 0.2) is 22.6 Å². The summed E-state index contributed by atoms with van der Waals surface area (Å²) in [5.41, 5.74) is 0. The fourth-order valence-corrected chi connectivity index (χ4v) is 0.935. The van der Waals surface area contributed by atoms with E-state index < -0.39 is 5.97 Å². The maximum absolute atomic E-state index is 10.5. The lowest BCUT2D eigenvalue weighted by Crippen LogP contribution is -2.19. The number of carboxylic acids is 1. The fourth-order valence-electron chi connectivity index (χ4n) is 0.935. The van der Waals surface area contributed by atoms with Crippen LogP contribution in [-0.2, 0) is 4.79 Å². The number of carbonyl (C=O) groups is 2. The van der Waals surface area contributed by atoms with E-state index in [9.17, 15) is 9.59 Å². The number of carbonyl (C=O) groups excluding carboxylic acids is 1. The lowest BCUT2D eigenvalue weighted by atomic mass is 10.4. The molecule has 1 amide bonds. The Morgan fingerprint density at radius 2 is 2.27 bits per heavy atom. The summed E-state index contributed by atoms with van der Waals surface area (Å²) in [6, 6.07) is 2.92. The molecule has 0 aliphatic heterocycles. The van der Waals surface area contributed by atoms with Gasteiger partial charge in [-0.15, -0.1) is 0 Å². The first-order chi connectivity index (χ1) is 7.09. The molecule has 0 saturated heterocycles. The fraction of sp³-hybridized carbons (Fsp3) is 0.200. The van der Waals surface area contributed by atoms with Gasteiger partial charge in [-0.05, 0) is 18.2 Å². The zero-order valence-corrected chi connectivity index (χ0v) is 8.19. The molecule has 0 unspecified atom stereocenters. The van der Waals surface area contributed by atoms with Crippen molar-refractivity contribution in [2.75, 3.05) is 6.54 Å². The monoisotopic (exact) mass is 209 g/mol. The van der Waals surface area contributed by atoms with Crippen LogP contribution in [0, 0.1) is 0 Å². The van der Waals surface area contributed by atoms with Crippen molar-refractivity contribution < 1.29 is 19.1 Å². The normalized spacial score (nSPS) is 10.5. The van der Waals surface area contributed by atoms with E-state index in [1.54, 1.807) is 18.2 Å². The summed E-state index contributed by atoms with van der Waals surface area (Å²) in [7, 11) is 0. The summed E-state index contributed by atoms with van der Waals surface area (Å²) in [4.78, 5) is 21.0. The van der Waals surface area contributed by atoms with E-state index in [1.165, 1.54) is 13.0 Å². The minimum Gasteiger partial charge on any atom is -0.475 e. The average Bonchev–Trinajstić information content (AvgIpc) is 2.60. The molecule has 1 heterocycles. The second kappa shape index (κ2) is 4.99. The lowest BCUT2D eigenvalue weighted by Gasteiger charge is -1.93. The number of hydrogen-bond donors (Lipinski definition) is 2. The van der Waals surface area contributed by atoms with Gasteiger partial charge in [0.1, 0.15) is 5.76 Å². The van der Waals surface area contributed by atoms with E-state index in [4.69, 9.17) is 9.52 Å². The second-order valence-corrected chi connectivity index (χ2v) is 2.85. The summed E-state index contributed by atoms with van der Waals surface area (Å²) in [6.07, 6.45) is 3.27. The van der Waals surface area contributed by atoms with E-state index in [0.717, 1.165) is 0 Å². The summed E-state index contributed by atoms with van der Waals surface area (Å²) in [5.74, 6) is -0.881. The summed E-state index contributed by atoms with van der Waals surface area (Å²) < 4.78 is 4.95. The Morgan fingerprint density at radius 1 is 1.53 bits per heavy atom. The molecule has 1 rings (SSSR count). The Kier molecular flexibility index (Phi) is 3.68. The molecule has 0 aliphatic rings. The van der Waals surface area contributed by atoms with Gasteiger partial charge < -0.3 is 14.8 Å². The number of furan rings is 1. The number of hydrogen-bond acceptors (Lipinski definition) is 3. The molecule has 15 heavy (non-hydrogen) atoms. The summed E-state index contributed by atoms with van der Waals surface area (Å²) >= 11 is 0. The molecule has 0 radical (unpaired) electrons. The van der Waals surface area contributed by atoms with Crippen molar-refractivity contribution in [3.63, 3.8) is 0 Å².